The summed E-state index contributed by atoms with van der Waals surface area (Å²) in [7, 11) is 1.59. The third-order valence-electron chi connectivity index (χ3n) is 1.60. The van der Waals surface area contributed by atoms with Gasteiger partial charge in [0.05, 0.1) is 7.11 Å². The van der Waals surface area contributed by atoms with Gasteiger partial charge in [-0.25, -0.2) is 0 Å². The Kier molecular flexibility index (Phi) is 4.49. The van der Waals surface area contributed by atoms with E-state index in [9.17, 15) is 0 Å². The predicted octanol–water partition coefficient (Wildman–Crippen LogP) is 2.41. The van der Waals surface area contributed by atoms with Crippen LogP contribution in [0.5, 0.6) is 0 Å². The van der Waals surface area contributed by atoms with Gasteiger partial charge in [0.15, 0.2) is 5.70 Å². The maximum absolute atomic E-state index is 8.99. The van der Waals surface area contributed by atoms with E-state index in [0.717, 1.165) is 0 Å². The van der Waals surface area contributed by atoms with E-state index in [0.29, 0.717) is 11.5 Å². The standard InChI is InChI=1S/C11H20N2O/c1-8(2)10(14-6)9(7-12)13-11(3,4)5/h8,13H,1-6H3/b10-9+. The van der Waals surface area contributed by atoms with Crippen molar-refractivity contribution in [3.63, 3.8) is 0 Å². The number of hydrogen-bond acceptors (Lipinski definition) is 3. The zero-order valence-corrected chi connectivity index (χ0v) is 9.93. The number of ether oxygens (including phenoxy) is 1. The first-order valence-corrected chi connectivity index (χ1v) is 4.78. The molecule has 80 valence electrons. The van der Waals surface area contributed by atoms with Crippen LogP contribution in [0, 0.1) is 17.2 Å². The molecule has 0 saturated heterocycles. The summed E-state index contributed by atoms with van der Waals surface area (Å²) in [6.45, 7) is 10.0. The number of hydrogen-bond donors (Lipinski definition) is 1. The Morgan fingerprint density at radius 3 is 2.07 bits per heavy atom. The number of nitriles is 1. The van der Waals surface area contributed by atoms with Gasteiger partial charge in [0.25, 0.3) is 0 Å². The van der Waals surface area contributed by atoms with Gasteiger partial charge in [0.2, 0.25) is 0 Å². The van der Waals surface area contributed by atoms with E-state index < -0.39 is 0 Å². The third-order valence-corrected chi connectivity index (χ3v) is 1.60. The second kappa shape index (κ2) is 4.90. The van der Waals surface area contributed by atoms with Crippen LogP contribution in [-0.4, -0.2) is 12.6 Å². The summed E-state index contributed by atoms with van der Waals surface area (Å²) in [6.07, 6.45) is 0. The largest absolute Gasteiger partial charge is 0.498 e. The summed E-state index contributed by atoms with van der Waals surface area (Å²) in [4.78, 5) is 0. The fourth-order valence-electron chi connectivity index (χ4n) is 1.15. The quantitative estimate of drug-likeness (QED) is 0.557. The molecule has 3 heteroatoms. The van der Waals surface area contributed by atoms with Gasteiger partial charge < -0.3 is 10.1 Å². The molecule has 0 unspecified atom stereocenters. The van der Waals surface area contributed by atoms with E-state index in [1.807, 2.05) is 34.6 Å². The van der Waals surface area contributed by atoms with Gasteiger partial charge in [-0.05, 0) is 20.8 Å². The predicted molar refractivity (Wildman–Crippen MR) is 57.4 cm³/mol. The van der Waals surface area contributed by atoms with Crippen molar-refractivity contribution in [2.24, 2.45) is 5.92 Å². The number of rotatable bonds is 3. The number of methoxy groups -OCH3 is 1. The molecule has 0 atom stereocenters. The molecule has 0 heterocycles. The molecule has 0 aromatic carbocycles. The summed E-state index contributed by atoms with van der Waals surface area (Å²) < 4.78 is 5.21. The molecular formula is C11H20N2O. The van der Waals surface area contributed by atoms with Crippen LogP contribution in [0.1, 0.15) is 34.6 Å². The zero-order chi connectivity index (χ0) is 11.4. The van der Waals surface area contributed by atoms with Crippen molar-refractivity contribution < 1.29 is 4.74 Å². The average Bonchev–Trinajstić information content (AvgIpc) is 2.00. The second-order valence-corrected chi connectivity index (χ2v) is 4.58. The van der Waals surface area contributed by atoms with Crippen LogP contribution in [0.25, 0.3) is 0 Å². The van der Waals surface area contributed by atoms with Crippen molar-refractivity contribution in [1.82, 2.24) is 5.32 Å². The van der Waals surface area contributed by atoms with Crippen LogP contribution in [0.4, 0.5) is 0 Å². The molecule has 0 fully saturated rings. The molecule has 0 saturated carbocycles. The van der Waals surface area contributed by atoms with E-state index in [2.05, 4.69) is 11.4 Å². The van der Waals surface area contributed by atoms with Gasteiger partial charge in [-0.15, -0.1) is 0 Å². The summed E-state index contributed by atoms with van der Waals surface area (Å²) in [5.74, 6) is 0.923. The minimum absolute atomic E-state index is 0.121. The first kappa shape index (κ1) is 12.8. The van der Waals surface area contributed by atoms with Gasteiger partial charge >= 0.3 is 0 Å². The normalized spacial score (nSPS) is 13.3. The minimum atomic E-state index is -0.121. The van der Waals surface area contributed by atoms with Crippen molar-refractivity contribution >= 4 is 0 Å². The molecule has 0 rings (SSSR count). The molecule has 1 N–H and O–H groups in total. The smallest absolute Gasteiger partial charge is 0.152 e. The summed E-state index contributed by atoms with van der Waals surface area (Å²) in [6, 6.07) is 2.13. The molecule has 0 aromatic rings. The van der Waals surface area contributed by atoms with E-state index in [1.54, 1.807) is 7.11 Å². The lowest BCUT2D eigenvalue weighted by molar-refractivity contribution is 0.244. The monoisotopic (exact) mass is 196 g/mol. The molecule has 3 nitrogen and oxygen atoms in total. The van der Waals surface area contributed by atoms with Gasteiger partial charge in [-0.1, -0.05) is 13.8 Å². The highest BCUT2D eigenvalue weighted by molar-refractivity contribution is 5.25. The van der Waals surface area contributed by atoms with Gasteiger partial charge in [0.1, 0.15) is 11.8 Å². The molecule has 0 aliphatic carbocycles. The fourth-order valence-corrected chi connectivity index (χ4v) is 1.15. The Balaban J connectivity index is 4.94. The molecule has 0 spiro atoms. The number of allylic oxidation sites excluding steroid dienone is 2. The Labute approximate surface area is 86.8 Å². The molecule has 0 aliphatic heterocycles. The van der Waals surface area contributed by atoms with Crippen LogP contribution in [0.3, 0.4) is 0 Å². The molecule has 0 bridgehead atoms. The van der Waals surface area contributed by atoms with Crippen molar-refractivity contribution in [1.29, 1.82) is 5.26 Å². The SMILES string of the molecule is CO/C(=C(\C#N)NC(C)(C)C)C(C)C. The van der Waals surface area contributed by atoms with Crippen molar-refractivity contribution in [3.8, 4) is 6.07 Å². The lowest BCUT2D eigenvalue weighted by Crippen LogP contribution is -2.35. The summed E-state index contributed by atoms with van der Waals surface area (Å²) >= 11 is 0. The lowest BCUT2D eigenvalue weighted by atomic mass is 10.1. The minimum Gasteiger partial charge on any atom is -0.498 e. The maximum atomic E-state index is 8.99. The Morgan fingerprint density at radius 1 is 1.36 bits per heavy atom. The molecule has 14 heavy (non-hydrogen) atoms. The van der Waals surface area contributed by atoms with Gasteiger partial charge in [-0.2, -0.15) is 5.26 Å². The Hall–Kier alpha value is -1.17. The summed E-state index contributed by atoms with van der Waals surface area (Å²) in [5.41, 5.74) is 0.402. The van der Waals surface area contributed by atoms with Crippen LogP contribution < -0.4 is 5.32 Å². The Bertz CT molecular complexity index is 253. The first-order valence-electron chi connectivity index (χ1n) is 4.78. The highest BCUT2D eigenvalue weighted by Crippen LogP contribution is 2.15. The lowest BCUT2D eigenvalue weighted by Gasteiger charge is -2.23. The number of nitrogens with zero attached hydrogens (tertiary/aromatic N) is 1. The van der Waals surface area contributed by atoms with E-state index in [1.165, 1.54) is 0 Å². The molecular weight excluding hydrogens is 176 g/mol. The molecule has 0 amide bonds. The maximum Gasteiger partial charge on any atom is 0.152 e. The number of nitrogens with one attached hydrogen (secondary N) is 1. The van der Waals surface area contributed by atoms with Crippen molar-refractivity contribution in [2.45, 2.75) is 40.2 Å². The van der Waals surface area contributed by atoms with Crippen molar-refractivity contribution in [3.05, 3.63) is 11.5 Å². The molecule has 0 aromatic heterocycles. The van der Waals surface area contributed by atoms with Gasteiger partial charge in [0, 0.05) is 11.5 Å². The van der Waals surface area contributed by atoms with Gasteiger partial charge in [-0.3, -0.25) is 0 Å². The van der Waals surface area contributed by atoms with Crippen LogP contribution in [-0.2, 0) is 4.74 Å². The highest BCUT2D eigenvalue weighted by Gasteiger charge is 2.17. The van der Waals surface area contributed by atoms with Crippen LogP contribution in [0.2, 0.25) is 0 Å². The van der Waals surface area contributed by atoms with Crippen LogP contribution >= 0.6 is 0 Å². The van der Waals surface area contributed by atoms with E-state index in [-0.39, 0.29) is 11.5 Å². The molecule has 0 aliphatic rings. The topological polar surface area (TPSA) is 45.0 Å². The Morgan fingerprint density at radius 2 is 1.86 bits per heavy atom. The molecule has 0 radical (unpaired) electrons. The third kappa shape index (κ3) is 4.18. The van der Waals surface area contributed by atoms with Crippen LogP contribution in [0.15, 0.2) is 11.5 Å². The van der Waals surface area contributed by atoms with E-state index >= 15 is 0 Å². The second-order valence-electron chi connectivity index (χ2n) is 4.58. The highest BCUT2D eigenvalue weighted by atomic mass is 16.5. The zero-order valence-electron chi connectivity index (χ0n) is 9.93. The average molecular weight is 196 g/mol. The first-order chi connectivity index (χ1) is 6.31. The van der Waals surface area contributed by atoms with Crippen molar-refractivity contribution in [2.75, 3.05) is 7.11 Å². The van der Waals surface area contributed by atoms with E-state index in [4.69, 9.17) is 10.00 Å². The fraction of sp³-hybridized carbons (Fsp3) is 0.727. The summed E-state index contributed by atoms with van der Waals surface area (Å²) in [5, 5.41) is 12.1.